The predicted octanol–water partition coefficient (Wildman–Crippen LogP) is 1.70. The van der Waals surface area contributed by atoms with Crippen molar-refractivity contribution in [2.24, 2.45) is 0 Å². The number of benzene rings is 1. The topological polar surface area (TPSA) is 18.5 Å². The van der Waals surface area contributed by atoms with Crippen LogP contribution in [-0.4, -0.2) is 39.3 Å². The summed E-state index contributed by atoms with van der Waals surface area (Å²) in [7, 11) is 0. The zero-order valence-electron chi connectivity index (χ0n) is 10.4. The fraction of sp³-hybridized carbons (Fsp3) is 0.571. The summed E-state index contributed by atoms with van der Waals surface area (Å²) >= 11 is 0. The van der Waals surface area contributed by atoms with Gasteiger partial charge in [0.05, 0.1) is 0 Å². The Labute approximate surface area is 103 Å². The Morgan fingerprint density at radius 3 is 1.71 bits per heavy atom. The molecule has 2 aliphatic heterocycles. The van der Waals surface area contributed by atoms with Gasteiger partial charge in [0, 0.05) is 50.6 Å². The largest absolute Gasteiger partial charge is 0.372 e. The number of rotatable bonds is 2. The summed E-state index contributed by atoms with van der Waals surface area (Å²) in [6, 6.07) is 9.11. The summed E-state index contributed by atoms with van der Waals surface area (Å²) in [6.07, 6.45) is 2.69. The van der Waals surface area contributed by atoms with E-state index in [1.807, 2.05) is 0 Å². The van der Waals surface area contributed by atoms with Crippen LogP contribution in [0.5, 0.6) is 0 Å². The van der Waals surface area contributed by atoms with E-state index >= 15 is 0 Å². The van der Waals surface area contributed by atoms with Gasteiger partial charge in [-0.1, -0.05) is 0 Å². The van der Waals surface area contributed by atoms with E-state index in [9.17, 15) is 0 Å². The third-order valence-electron chi connectivity index (χ3n) is 3.80. The van der Waals surface area contributed by atoms with E-state index < -0.39 is 0 Å². The predicted molar refractivity (Wildman–Crippen MR) is 73.0 cm³/mol. The standard InChI is InChI=1S/C14H21N3/c1-2-10-16(9-1)13-3-5-14(6-4-13)17-11-7-15-8-12-17/h3-6,15H,1-2,7-12H2. The van der Waals surface area contributed by atoms with Gasteiger partial charge in [0.15, 0.2) is 0 Å². The first-order valence-electron chi connectivity index (χ1n) is 6.74. The first-order valence-corrected chi connectivity index (χ1v) is 6.74. The lowest BCUT2D eigenvalue weighted by Gasteiger charge is -2.30. The summed E-state index contributed by atoms with van der Waals surface area (Å²) in [5.74, 6) is 0. The normalized spacial score (nSPS) is 20.9. The highest BCUT2D eigenvalue weighted by Gasteiger charge is 2.13. The highest BCUT2D eigenvalue weighted by Crippen LogP contribution is 2.23. The van der Waals surface area contributed by atoms with Gasteiger partial charge in [-0.15, -0.1) is 0 Å². The molecular weight excluding hydrogens is 210 g/mol. The highest BCUT2D eigenvalue weighted by atomic mass is 15.2. The SMILES string of the molecule is c1cc(N2CCNCC2)ccc1N1CCCC1. The number of nitrogens with one attached hydrogen (secondary N) is 1. The van der Waals surface area contributed by atoms with E-state index in [0.717, 1.165) is 26.2 Å². The van der Waals surface area contributed by atoms with Gasteiger partial charge in [-0.2, -0.15) is 0 Å². The first kappa shape index (κ1) is 10.9. The molecule has 0 radical (unpaired) electrons. The Morgan fingerprint density at radius 2 is 1.18 bits per heavy atom. The quantitative estimate of drug-likeness (QED) is 0.835. The van der Waals surface area contributed by atoms with E-state index in [2.05, 4.69) is 39.4 Å². The summed E-state index contributed by atoms with van der Waals surface area (Å²) in [4.78, 5) is 4.95. The van der Waals surface area contributed by atoms with Gasteiger partial charge in [0.25, 0.3) is 0 Å². The van der Waals surface area contributed by atoms with Crippen molar-refractivity contribution in [2.75, 3.05) is 49.1 Å². The maximum absolute atomic E-state index is 3.39. The van der Waals surface area contributed by atoms with Crippen LogP contribution >= 0.6 is 0 Å². The Morgan fingerprint density at radius 1 is 0.706 bits per heavy atom. The van der Waals surface area contributed by atoms with Crippen LogP contribution in [0.2, 0.25) is 0 Å². The van der Waals surface area contributed by atoms with Crippen molar-refractivity contribution in [3.05, 3.63) is 24.3 Å². The lowest BCUT2D eigenvalue weighted by Crippen LogP contribution is -2.43. The molecule has 0 spiro atoms. The fourth-order valence-corrected chi connectivity index (χ4v) is 2.77. The van der Waals surface area contributed by atoms with E-state index in [1.165, 1.54) is 37.3 Å². The van der Waals surface area contributed by atoms with Crippen molar-refractivity contribution in [3.63, 3.8) is 0 Å². The third kappa shape index (κ3) is 2.39. The minimum atomic E-state index is 1.11. The molecule has 0 atom stereocenters. The van der Waals surface area contributed by atoms with Gasteiger partial charge in [0.2, 0.25) is 0 Å². The molecule has 2 fully saturated rings. The van der Waals surface area contributed by atoms with Crippen molar-refractivity contribution in [1.29, 1.82) is 0 Å². The highest BCUT2D eigenvalue weighted by molar-refractivity contribution is 5.57. The zero-order valence-corrected chi connectivity index (χ0v) is 10.4. The van der Waals surface area contributed by atoms with Crippen molar-refractivity contribution in [3.8, 4) is 0 Å². The molecule has 1 aromatic carbocycles. The van der Waals surface area contributed by atoms with E-state index in [0.29, 0.717) is 0 Å². The number of piperazine rings is 1. The molecule has 0 aromatic heterocycles. The molecule has 2 aliphatic rings. The third-order valence-corrected chi connectivity index (χ3v) is 3.80. The summed E-state index contributed by atoms with van der Waals surface area (Å²) in [6.45, 7) is 6.92. The minimum absolute atomic E-state index is 1.11. The van der Waals surface area contributed by atoms with Gasteiger partial charge in [0.1, 0.15) is 0 Å². The fourth-order valence-electron chi connectivity index (χ4n) is 2.77. The molecular formula is C14H21N3. The van der Waals surface area contributed by atoms with E-state index in [1.54, 1.807) is 0 Å². The van der Waals surface area contributed by atoms with Crippen LogP contribution in [0.15, 0.2) is 24.3 Å². The summed E-state index contributed by atoms with van der Waals surface area (Å²) in [5, 5.41) is 3.39. The van der Waals surface area contributed by atoms with Gasteiger partial charge in [-0.25, -0.2) is 0 Å². The summed E-state index contributed by atoms with van der Waals surface area (Å²) < 4.78 is 0. The maximum atomic E-state index is 3.39. The molecule has 2 heterocycles. The molecule has 3 rings (SSSR count). The lowest BCUT2D eigenvalue weighted by atomic mass is 10.2. The first-order chi connectivity index (χ1) is 8.43. The molecule has 0 unspecified atom stereocenters. The molecule has 1 N–H and O–H groups in total. The van der Waals surface area contributed by atoms with Crippen LogP contribution in [0.3, 0.4) is 0 Å². The summed E-state index contributed by atoms with van der Waals surface area (Å²) in [5.41, 5.74) is 2.76. The molecule has 0 bridgehead atoms. The molecule has 0 amide bonds. The number of hydrogen-bond donors (Lipinski definition) is 1. The number of hydrogen-bond acceptors (Lipinski definition) is 3. The molecule has 3 heteroatoms. The average Bonchev–Trinajstić information content (AvgIpc) is 2.94. The van der Waals surface area contributed by atoms with Crippen molar-refractivity contribution < 1.29 is 0 Å². The second kappa shape index (κ2) is 4.96. The van der Waals surface area contributed by atoms with Gasteiger partial charge in [-0.3, -0.25) is 0 Å². The Kier molecular flexibility index (Phi) is 3.18. The zero-order chi connectivity index (χ0) is 11.5. The van der Waals surface area contributed by atoms with Gasteiger partial charge >= 0.3 is 0 Å². The smallest absolute Gasteiger partial charge is 0.0368 e. The number of anilines is 2. The van der Waals surface area contributed by atoms with E-state index in [-0.39, 0.29) is 0 Å². The van der Waals surface area contributed by atoms with Gasteiger partial charge in [-0.05, 0) is 37.1 Å². The maximum Gasteiger partial charge on any atom is 0.0368 e. The van der Waals surface area contributed by atoms with Crippen LogP contribution in [0.4, 0.5) is 11.4 Å². The molecule has 1 aromatic rings. The lowest BCUT2D eigenvalue weighted by molar-refractivity contribution is 0.589. The Bertz CT molecular complexity index is 348. The molecule has 0 saturated carbocycles. The van der Waals surface area contributed by atoms with Crippen LogP contribution in [0, 0.1) is 0 Å². The van der Waals surface area contributed by atoms with Crippen LogP contribution < -0.4 is 15.1 Å². The molecule has 2 saturated heterocycles. The molecule has 3 nitrogen and oxygen atoms in total. The van der Waals surface area contributed by atoms with Crippen molar-refractivity contribution >= 4 is 11.4 Å². The molecule has 17 heavy (non-hydrogen) atoms. The monoisotopic (exact) mass is 231 g/mol. The van der Waals surface area contributed by atoms with Crippen LogP contribution in [-0.2, 0) is 0 Å². The van der Waals surface area contributed by atoms with Gasteiger partial charge < -0.3 is 15.1 Å². The second-order valence-electron chi connectivity index (χ2n) is 4.95. The minimum Gasteiger partial charge on any atom is -0.372 e. The Balaban J connectivity index is 1.70. The Hall–Kier alpha value is -1.22. The number of nitrogens with zero attached hydrogens (tertiary/aromatic N) is 2. The van der Waals surface area contributed by atoms with Crippen LogP contribution in [0.1, 0.15) is 12.8 Å². The van der Waals surface area contributed by atoms with Crippen molar-refractivity contribution in [2.45, 2.75) is 12.8 Å². The average molecular weight is 231 g/mol. The van der Waals surface area contributed by atoms with Crippen LogP contribution in [0.25, 0.3) is 0 Å². The molecule has 92 valence electrons. The van der Waals surface area contributed by atoms with E-state index in [4.69, 9.17) is 0 Å². The second-order valence-corrected chi connectivity index (χ2v) is 4.95. The molecule has 0 aliphatic carbocycles. The van der Waals surface area contributed by atoms with Crippen molar-refractivity contribution in [1.82, 2.24) is 5.32 Å².